The molecular weight excluding hydrogens is 761 g/mol. The summed E-state index contributed by atoms with van der Waals surface area (Å²) in [5.41, 5.74) is 14.5. The minimum atomic E-state index is 0.649. The summed E-state index contributed by atoms with van der Waals surface area (Å²) >= 11 is 1.88. The SMILES string of the molecule is c1ccc(-c2cc(-c3ccccc3)nc(-n3c4ccccc4c4cc(-c5ccc6c(c5)-c5cc7c(c8cccc(c58)S6)c5ccccc5n7-c5ccccc5)ccc43)n2)cc1. The normalized spacial score (nSPS) is 12.2. The van der Waals surface area contributed by atoms with Crippen LogP contribution in [0, 0.1) is 0 Å². The van der Waals surface area contributed by atoms with Crippen LogP contribution >= 0.6 is 11.8 Å². The van der Waals surface area contributed by atoms with E-state index in [0.717, 1.165) is 50.0 Å². The highest BCUT2D eigenvalue weighted by Crippen LogP contribution is 2.52. The largest absolute Gasteiger partial charge is 0.309 e. The topological polar surface area (TPSA) is 35.6 Å². The zero-order valence-corrected chi connectivity index (χ0v) is 33.6. The molecule has 0 aliphatic carbocycles. The molecule has 0 spiro atoms. The van der Waals surface area contributed by atoms with Gasteiger partial charge in [-0.05, 0) is 94.4 Å². The zero-order valence-electron chi connectivity index (χ0n) is 32.8. The Bertz CT molecular complexity index is 3660. The zero-order chi connectivity index (χ0) is 40.0. The lowest BCUT2D eigenvalue weighted by Crippen LogP contribution is -2.04. The number of aromatic nitrogens is 4. The molecule has 3 aromatic heterocycles. The monoisotopic (exact) mass is 794 g/mol. The molecule has 13 rings (SSSR count). The Labute approximate surface area is 356 Å². The van der Waals surface area contributed by atoms with E-state index in [-0.39, 0.29) is 0 Å². The molecule has 0 saturated heterocycles. The Morgan fingerprint density at radius 3 is 1.66 bits per heavy atom. The van der Waals surface area contributed by atoms with Crippen LogP contribution in [0.5, 0.6) is 0 Å². The van der Waals surface area contributed by atoms with Crippen molar-refractivity contribution >= 4 is 66.1 Å². The molecule has 0 N–H and O–H groups in total. The number of nitrogens with zero attached hydrogens (tertiary/aromatic N) is 4. The van der Waals surface area contributed by atoms with E-state index in [2.05, 4.69) is 203 Å². The second-order valence-electron chi connectivity index (χ2n) is 15.8. The van der Waals surface area contributed by atoms with Gasteiger partial charge in [0.2, 0.25) is 5.95 Å². The van der Waals surface area contributed by atoms with E-state index in [9.17, 15) is 0 Å². The van der Waals surface area contributed by atoms with Crippen LogP contribution in [0.4, 0.5) is 0 Å². The highest BCUT2D eigenvalue weighted by Gasteiger charge is 2.25. The van der Waals surface area contributed by atoms with Gasteiger partial charge in [-0.1, -0.05) is 151 Å². The van der Waals surface area contributed by atoms with Crippen LogP contribution in [-0.2, 0) is 0 Å². The number of rotatable bonds is 5. The molecule has 0 saturated carbocycles. The Balaban J connectivity index is 1.00. The third kappa shape index (κ3) is 5.27. The third-order valence-electron chi connectivity index (χ3n) is 12.3. The van der Waals surface area contributed by atoms with E-state index in [1.807, 2.05) is 23.9 Å². The number of para-hydroxylation sites is 3. The van der Waals surface area contributed by atoms with Crippen molar-refractivity contribution in [1.82, 2.24) is 19.1 Å². The Morgan fingerprint density at radius 2 is 0.918 bits per heavy atom. The molecule has 1 aliphatic rings. The predicted molar refractivity (Wildman–Crippen MR) is 254 cm³/mol. The lowest BCUT2D eigenvalue weighted by molar-refractivity contribution is 0.995. The van der Waals surface area contributed by atoms with E-state index < -0.39 is 0 Å². The van der Waals surface area contributed by atoms with Crippen molar-refractivity contribution in [3.63, 3.8) is 0 Å². The maximum atomic E-state index is 5.25. The molecule has 5 heteroatoms. The number of hydrogen-bond acceptors (Lipinski definition) is 3. The molecule has 0 fully saturated rings. The quantitative estimate of drug-likeness (QED) is 0.174. The minimum absolute atomic E-state index is 0.649. The summed E-state index contributed by atoms with van der Waals surface area (Å²) in [6, 6.07) is 74.2. The van der Waals surface area contributed by atoms with Crippen molar-refractivity contribution in [3.05, 3.63) is 206 Å². The van der Waals surface area contributed by atoms with Gasteiger partial charge in [-0.2, -0.15) is 0 Å². The van der Waals surface area contributed by atoms with Gasteiger partial charge in [0, 0.05) is 53.5 Å². The maximum absolute atomic E-state index is 5.25. The lowest BCUT2D eigenvalue weighted by atomic mass is 9.92. The fourth-order valence-electron chi connectivity index (χ4n) is 9.60. The van der Waals surface area contributed by atoms with Crippen molar-refractivity contribution in [3.8, 4) is 56.4 Å². The molecule has 0 radical (unpaired) electrons. The number of hydrogen-bond donors (Lipinski definition) is 0. The second-order valence-corrected chi connectivity index (χ2v) is 16.8. The fraction of sp³-hybridized carbons (Fsp3) is 0. The summed E-state index contributed by atoms with van der Waals surface area (Å²) in [5, 5.41) is 7.52. The first-order chi connectivity index (χ1) is 30.2. The molecule has 0 atom stereocenters. The van der Waals surface area contributed by atoms with Gasteiger partial charge in [0.25, 0.3) is 0 Å². The van der Waals surface area contributed by atoms with Gasteiger partial charge in [0.05, 0.1) is 33.5 Å². The first kappa shape index (κ1) is 34.2. The van der Waals surface area contributed by atoms with Crippen LogP contribution in [-0.4, -0.2) is 19.1 Å². The third-order valence-corrected chi connectivity index (χ3v) is 13.5. The summed E-state index contributed by atoms with van der Waals surface area (Å²) in [7, 11) is 0. The van der Waals surface area contributed by atoms with Crippen molar-refractivity contribution in [2.45, 2.75) is 9.79 Å². The van der Waals surface area contributed by atoms with Gasteiger partial charge in [0.1, 0.15) is 0 Å². The second kappa shape index (κ2) is 13.4. The summed E-state index contributed by atoms with van der Waals surface area (Å²) in [4.78, 5) is 13.1. The smallest absolute Gasteiger partial charge is 0.235 e. The standard InChI is InChI=1S/C56H34N4S/c1-4-15-35(16-5-1)46-34-47(36-17-6-2-7-18-36)58-56(57-46)60-48-24-12-10-21-40(48)43-31-37(27-29-50(43)60)38-28-30-52-44(32-38)45-33-51-54(42-23-14-26-53(61-52)55(42)45)41-22-11-13-25-49(41)59(51)39-19-8-3-9-20-39/h1-34H. The Kier molecular flexibility index (Phi) is 7.50. The summed E-state index contributed by atoms with van der Waals surface area (Å²) in [6.07, 6.45) is 0. The summed E-state index contributed by atoms with van der Waals surface area (Å²) in [5.74, 6) is 0.649. The fourth-order valence-corrected chi connectivity index (χ4v) is 10.7. The van der Waals surface area contributed by atoms with Gasteiger partial charge in [-0.3, -0.25) is 4.57 Å². The minimum Gasteiger partial charge on any atom is -0.309 e. The highest BCUT2D eigenvalue weighted by molar-refractivity contribution is 7.99. The van der Waals surface area contributed by atoms with Crippen molar-refractivity contribution < 1.29 is 0 Å². The van der Waals surface area contributed by atoms with Crippen molar-refractivity contribution in [1.29, 1.82) is 0 Å². The summed E-state index contributed by atoms with van der Waals surface area (Å²) < 4.78 is 4.66. The maximum Gasteiger partial charge on any atom is 0.235 e. The number of benzene rings is 9. The van der Waals surface area contributed by atoms with E-state index in [0.29, 0.717) is 5.95 Å². The lowest BCUT2D eigenvalue weighted by Gasteiger charge is -2.22. The van der Waals surface area contributed by atoms with Crippen LogP contribution in [0.1, 0.15) is 0 Å². The Morgan fingerprint density at radius 1 is 0.328 bits per heavy atom. The van der Waals surface area contributed by atoms with E-state index in [1.165, 1.54) is 64.6 Å². The van der Waals surface area contributed by atoms with Gasteiger partial charge >= 0.3 is 0 Å². The van der Waals surface area contributed by atoms with E-state index >= 15 is 0 Å². The van der Waals surface area contributed by atoms with Crippen molar-refractivity contribution in [2.75, 3.05) is 0 Å². The first-order valence-corrected chi connectivity index (χ1v) is 21.5. The van der Waals surface area contributed by atoms with Crippen LogP contribution < -0.4 is 0 Å². The Hall–Kier alpha value is -7.73. The van der Waals surface area contributed by atoms with Crippen LogP contribution in [0.3, 0.4) is 0 Å². The number of fused-ring (bicyclic) bond motifs is 9. The molecule has 1 aliphatic heterocycles. The molecule has 9 aromatic carbocycles. The van der Waals surface area contributed by atoms with Crippen molar-refractivity contribution in [2.24, 2.45) is 0 Å². The predicted octanol–water partition coefficient (Wildman–Crippen LogP) is 15.0. The first-order valence-electron chi connectivity index (χ1n) is 20.7. The van der Waals surface area contributed by atoms with E-state index in [4.69, 9.17) is 9.97 Å². The average Bonchev–Trinajstić information content (AvgIpc) is 3.85. The van der Waals surface area contributed by atoms with Crippen LogP contribution in [0.2, 0.25) is 0 Å². The summed E-state index contributed by atoms with van der Waals surface area (Å²) in [6.45, 7) is 0. The molecule has 0 amide bonds. The molecule has 284 valence electrons. The van der Waals surface area contributed by atoms with Gasteiger partial charge in [-0.25, -0.2) is 9.97 Å². The van der Waals surface area contributed by atoms with Crippen LogP contribution in [0.15, 0.2) is 216 Å². The van der Waals surface area contributed by atoms with E-state index in [1.54, 1.807) is 0 Å². The van der Waals surface area contributed by atoms with Crippen LogP contribution in [0.25, 0.3) is 111 Å². The van der Waals surface area contributed by atoms with Gasteiger partial charge < -0.3 is 4.57 Å². The van der Waals surface area contributed by atoms with Gasteiger partial charge in [0.15, 0.2) is 0 Å². The molecule has 12 aromatic rings. The van der Waals surface area contributed by atoms with Gasteiger partial charge in [-0.15, -0.1) is 0 Å². The molecule has 0 bridgehead atoms. The molecule has 61 heavy (non-hydrogen) atoms. The average molecular weight is 795 g/mol. The molecular formula is C56H34N4S. The molecule has 0 unspecified atom stereocenters. The molecule has 4 nitrogen and oxygen atoms in total. The highest BCUT2D eigenvalue weighted by atomic mass is 32.2. The molecule has 4 heterocycles.